The predicted octanol–water partition coefficient (Wildman–Crippen LogP) is 1.70. The van der Waals surface area contributed by atoms with Gasteiger partial charge in [-0.2, -0.15) is 0 Å². The van der Waals surface area contributed by atoms with E-state index in [1.54, 1.807) is 0 Å². The molecule has 3 rings (SSSR count). The minimum absolute atomic E-state index is 0.110. The molecule has 2 aliphatic heterocycles. The van der Waals surface area contributed by atoms with Crippen molar-refractivity contribution in [3.05, 3.63) is 30.3 Å². The number of hydrogen-bond acceptors (Lipinski definition) is 3. The topological polar surface area (TPSA) is 44.4 Å². The van der Waals surface area contributed by atoms with E-state index in [-0.39, 0.29) is 5.91 Å². The molecule has 0 bridgehead atoms. The van der Waals surface area contributed by atoms with Crippen LogP contribution in [-0.2, 0) is 4.79 Å². The van der Waals surface area contributed by atoms with Crippen molar-refractivity contribution in [2.24, 2.45) is 5.92 Å². The van der Waals surface area contributed by atoms with Crippen molar-refractivity contribution in [1.29, 1.82) is 0 Å². The Labute approximate surface area is 120 Å². The Balaban J connectivity index is 1.42. The fourth-order valence-electron chi connectivity index (χ4n) is 3.32. The second-order valence-corrected chi connectivity index (χ2v) is 5.89. The van der Waals surface area contributed by atoms with Crippen LogP contribution < -0.4 is 10.6 Å². The molecule has 2 unspecified atom stereocenters. The van der Waals surface area contributed by atoms with Crippen LogP contribution in [-0.4, -0.2) is 43.0 Å². The summed E-state index contributed by atoms with van der Waals surface area (Å²) in [4.78, 5) is 14.4. The first-order valence-electron chi connectivity index (χ1n) is 7.62. The number of benzene rings is 1. The van der Waals surface area contributed by atoms with Gasteiger partial charge in [0.05, 0.1) is 0 Å². The number of anilines is 1. The summed E-state index contributed by atoms with van der Waals surface area (Å²) in [6, 6.07) is 10.3. The highest BCUT2D eigenvalue weighted by Crippen LogP contribution is 2.24. The molecule has 1 amide bonds. The molecule has 1 aromatic carbocycles. The van der Waals surface area contributed by atoms with Gasteiger partial charge < -0.3 is 15.5 Å². The molecule has 0 aromatic heterocycles. The third kappa shape index (κ3) is 3.38. The quantitative estimate of drug-likeness (QED) is 0.877. The molecule has 1 aromatic rings. The van der Waals surface area contributed by atoms with Crippen LogP contribution in [0, 0.1) is 5.92 Å². The lowest BCUT2D eigenvalue weighted by molar-refractivity contribution is -0.116. The smallest absolute Gasteiger partial charge is 0.225 e. The second-order valence-electron chi connectivity index (χ2n) is 5.89. The summed E-state index contributed by atoms with van der Waals surface area (Å²) >= 11 is 0. The number of piperidine rings is 1. The van der Waals surface area contributed by atoms with Gasteiger partial charge in [-0.05, 0) is 37.4 Å². The summed E-state index contributed by atoms with van der Waals surface area (Å²) < 4.78 is 0. The molecule has 2 atom stereocenters. The van der Waals surface area contributed by atoms with Crippen molar-refractivity contribution in [2.75, 3.05) is 31.5 Å². The fourth-order valence-corrected chi connectivity index (χ4v) is 3.32. The highest BCUT2D eigenvalue weighted by atomic mass is 16.1. The van der Waals surface area contributed by atoms with Crippen molar-refractivity contribution < 1.29 is 4.79 Å². The summed E-state index contributed by atoms with van der Waals surface area (Å²) in [5, 5.41) is 6.54. The number of fused-ring (bicyclic) bond motifs is 1. The average molecular weight is 273 g/mol. The van der Waals surface area contributed by atoms with Crippen molar-refractivity contribution in [2.45, 2.75) is 25.3 Å². The first kappa shape index (κ1) is 13.6. The van der Waals surface area contributed by atoms with Gasteiger partial charge in [-0.1, -0.05) is 18.2 Å². The molecule has 0 radical (unpaired) electrons. The number of hydrogen-bond donors (Lipinski definition) is 2. The number of likely N-dealkylation sites (tertiary alicyclic amines) is 1. The van der Waals surface area contributed by atoms with Gasteiger partial charge in [0.1, 0.15) is 0 Å². The number of nitrogens with zero attached hydrogens (tertiary/aromatic N) is 1. The standard InChI is InChI=1S/C16H23N3O/c20-16(18-14-6-2-1-3-7-14)8-10-19-11-13-5-4-9-17-15(13)12-19/h1-3,6-7,13,15,17H,4-5,8-12H2,(H,18,20). The molecule has 0 aliphatic carbocycles. The van der Waals surface area contributed by atoms with Crippen LogP contribution in [0.1, 0.15) is 19.3 Å². The monoisotopic (exact) mass is 273 g/mol. The van der Waals surface area contributed by atoms with E-state index in [0.717, 1.165) is 37.8 Å². The molecule has 2 N–H and O–H groups in total. The van der Waals surface area contributed by atoms with E-state index in [0.29, 0.717) is 12.5 Å². The minimum Gasteiger partial charge on any atom is -0.326 e. The maximum Gasteiger partial charge on any atom is 0.225 e. The number of amides is 1. The van der Waals surface area contributed by atoms with Gasteiger partial charge in [0, 0.05) is 37.8 Å². The Morgan fingerprint density at radius 2 is 2.15 bits per heavy atom. The van der Waals surface area contributed by atoms with Crippen molar-refractivity contribution >= 4 is 11.6 Å². The predicted molar refractivity (Wildman–Crippen MR) is 80.6 cm³/mol. The molecule has 2 heterocycles. The summed E-state index contributed by atoms with van der Waals surface area (Å²) in [6.07, 6.45) is 3.21. The largest absolute Gasteiger partial charge is 0.326 e. The zero-order chi connectivity index (χ0) is 13.8. The molecule has 4 nitrogen and oxygen atoms in total. The number of carbonyl (C=O) groups is 1. The van der Waals surface area contributed by atoms with E-state index in [1.807, 2.05) is 30.3 Å². The Hall–Kier alpha value is -1.39. The van der Waals surface area contributed by atoms with Gasteiger partial charge in [0.2, 0.25) is 5.91 Å². The molecular weight excluding hydrogens is 250 g/mol. The van der Waals surface area contributed by atoms with Crippen LogP contribution >= 0.6 is 0 Å². The molecule has 20 heavy (non-hydrogen) atoms. The molecule has 2 saturated heterocycles. The number of rotatable bonds is 4. The molecule has 4 heteroatoms. The Bertz CT molecular complexity index is 434. The van der Waals surface area contributed by atoms with Gasteiger partial charge in [-0.15, -0.1) is 0 Å². The molecule has 108 valence electrons. The lowest BCUT2D eigenvalue weighted by Gasteiger charge is -2.24. The second kappa shape index (κ2) is 6.37. The average Bonchev–Trinajstić information content (AvgIpc) is 2.89. The normalized spacial score (nSPS) is 26.2. The maximum absolute atomic E-state index is 11.9. The van der Waals surface area contributed by atoms with Gasteiger partial charge in [-0.3, -0.25) is 4.79 Å². The molecule has 0 saturated carbocycles. The Morgan fingerprint density at radius 3 is 2.95 bits per heavy atom. The number of para-hydroxylation sites is 1. The van der Waals surface area contributed by atoms with E-state index in [1.165, 1.54) is 12.8 Å². The first-order chi connectivity index (χ1) is 9.81. The van der Waals surface area contributed by atoms with E-state index < -0.39 is 0 Å². The highest BCUT2D eigenvalue weighted by Gasteiger charge is 2.33. The lowest BCUT2D eigenvalue weighted by atomic mass is 9.94. The third-order valence-electron chi connectivity index (χ3n) is 4.39. The first-order valence-corrected chi connectivity index (χ1v) is 7.62. The van der Waals surface area contributed by atoms with Crippen LogP contribution in [0.4, 0.5) is 5.69 Å². The maximum atomic E-state index is 11.9. The van der Waals surface area contributed by atoms with E-state index in [2.05, 4.69) is 15.5 Å². The molecule has 2 aliphatic rings. The van der Waals surface area contributed by atoms with Crippen molar-refractivity contribution in [1.82, 2.24) is 10.2 Å². The summed E-state index contributed by atoms with van der Waals surface area (Å²) in [5.74, 6) is 0.903. The fraction of sp³-hybridized carbons (Fsp3) is 0.562. The lowest BCUT2D eigenvalue weighted by Crippen LogP contribution is -2.40. The van der Waals surface area contributed by atoms with Crippen LogP contribution in [0.25, 0.3) is 0 Å². The SMILES string of the molecule is O=C(CCN1CC2CCCNC2C1)Nc1ccccc1. The van der Waals surface area contributed by atoms with Crippen LogP contribution in [0.15, 0.2) is 30.3 Å². The molecular formula is C16H23N3O. The van der Waals surface area contributed by atoms with Crippen LogP contribution in [0.3, 0.4) is 0 Å². The summed E-state index contributed by atoms with van der Waals surface area (Å²) in [6.45, 7) is 4.27. The number of nitrogens with one attached hydrogen (secondary N) is 2. The van der Waals surface area contributed by atoms with Gasteiger partial charge >= 0.3 is 0 Å². The van der Waals surface area contributed by atoms with Gasteiger partial charge in [-0.25, -0.2) is 0 Å². The van der Waals surface area contributed by atoms with Crippen LogP contribution in [0.2, 0.25) is 0 Å². The van der Waals surface area contributed by atoms with Crippen LogP contribution in [0.5, 0.6) is 0 Å². The van der Waals surface area contributed by atoms with E-state index >= 15 is 0 Å². The summed E-state index contributed by atoms with van der Waals surface area (Å²) in [7, 11) is 0. The van der Waals surface area contributed by atoms with E-state index in [4.69, 9.17) is 0 Å². The zero-order valence-corrected chi connectivity index (χ0v) is 11.8. The third-order valence-corrected chi connectivity index (χ3v) is 4.39. The minimum atomic E-state index is 0.110. The molecule has 0 spiro atoms. The van der Waals surface area contributed by atoms with Crippen molar-refractivity contribution in [3.63, 3.8) is 0 Å². The number of carbonyl (C=O) groups excluding carboxylic acids is 1. The van der Waals surface area contributed by atoms with Gasteiger partial charge in [0.15, 0.2) is 0 Å². The molecule has 2 fully saturated rings. The highest BCUT2D eigenvalue weighted by molar-refractivity contribution is 5.90. The van der Waals surface area contributed by atoms with Gasteiger partial charge in [0.25, 0.3) is 0 Å². The van der Waals surface area contributed by atoms with Crippen molar-refractivity contribution in [3.8, 4) is 0 Å². The summed E-state index contributed by atoms with van der Waals surface area (Å²) in [5.41, 5.74) is 0.884. The zero-order valence-electron chi connectivity index (χ0n) is 11.8. The Morgan fingerprint density at radius 1 is 1.30 bits per heavy atom. The van der Waals surface area contributed by atoms with E-state index in [9.17, 15) is 4.79 Å². The Kier molecular flexibility index (Phi) is 4.33.